The highest BCUT2D eigenvalue weighted by molar-refractivity contribution is 7.18. The lowest BCUT2D eigenvalue weighted by atomic mass is 10.1. The van der Waals surface area contributed by atoms with Gasteiger partial charge in [0.15, 0.2) is 0 Å². The predicted molar refractivity (Wildman–Crippen MR) is 75.0 cm³/mol. The van der Waals surface area contributed by atoms with E-state index in [1.54, 1.807) is 18.3 Å². The number of rotatable bonds is 1. The molecule has 90 valence electrons. The van der Waals surface area contributed by atoms with Crippen LogP contribution in [0.4, 0.5) is 4.39 Å². The summed E-state index contributed by atoms with van der Waals surface area (Å²) in [4.78, 5) is 4.32. The van der Waals surface area contributed by atoms with E-state index in [4.69, 9.17) is 23.2 Å². The SMILES string of the molecule is Fc1ccc(-c2csc3c(Cl)ccnc23)c(Cl)c1. The quantitative estimate of drug-likeness (QED) is 0.585. The molecule has 1 nitrogen and oxygen atoms in total. The number of thiophene rings is 1. The number of nitrogens with zero attached hydrogens (tertiary/aromatic N) is 1. The molecule has 0 aliphatic rings. The summed E-state index contributed by atoms with van der Waals surface area (Å²) in [6, 6.07) is 6.08. The number of halogens is 3. The van der Waals surface area contributed by atoms with Gasteiger partial charge in [-0.25, -0.2) is 4.39 Å². The van der Waals surface area contributed by atoms with E-state index < -0.39 is 0 Å². The highest BCUT2D eigenvalue weighted by Crippen LogP contribution is 2.38. The maximum atomic E-state index is 13.0. The summed E-state index contributed by atoms with van der Waals surface area (Å²) in [5, 5.41) is 2.97. The van der Waals surface area contributed by atoms with Crippen molar-refractivity contribution in [2.24, 2.45) is 0 Å². The number of pyridine rings is 1. The van der Waals surface area contributed by atoms with Gasteiger partial charge in [0.2, 0.25) is 0 Å². The van der Waals surface area contributed by atoms with Gasteiger partial charge in [-0.15, -0.1) is 11.3 Å². The Morgan fingerprint density at radius 3 is 2.67 bits per heavy atom. The van der Waals surface area contributed by atoms with Crippen LogP contribution in [0.3, 0.4) is 0 Å². The average Bonchev–Trinajstić information content (AvgIpc) is 2.74. The molecule has 0 amide bonds. The molecule has 0 unspecified atom stereocenters. The standard InChI is InChI=1S/C13H6Cl2FNS/c14-10-3-4-17-12-9(6-18-13(10)12)8-2-1-7(16)5-11(8)15/h1-6H. The maximum Gasteiger partial charge on any atom is 0.124 e. The first-order valence-electron chi connectivity index (χ1n) is 5.14. The van der Waals surface area contributed by atoms with E-state index in [0.29, 0.717) is 10.0 Å². The molecule has 2 aromatic heterocycles. The van der Waals surface area contributed by atoms with Crippen LogP contribution in [0.5, 0.6) is 0 Å². The number of hydrogen-bond acceptors (Lipinski definition) is 2. The first-order chi connectivity index (χ1) is 8.66. The van der Waals surface area contributed by atoms with Crippen LogP contribution >= 0.6 is 34.5 Å². The lowest BCUT2D eigenvalue weighted by Gasteiger charge is -2.02. The van der Waals surface area contributed by atoms with Crippen LogP contribution in [-0.4, -0.2) is 4.98 Å². The zero-order valence-corrected chi connectivity index (χ0v) is 11.3. The lowest BCUT2D eigenvalue weighted by Crippen LogP contribution is -1.82. The lowest BCUT2D eigenvalue weighted by molar-refractivity contribution is 0.628. The van der Waals surface area contributed by atoms with Crippen molar-refractivity contribution in [2.75, 3.05) is 0 Å². The fourth-order valence-corrected chi connectivity index (χ4v) is 3.28. The van der Waals surface area contributed by atoms with Crippen LogP contribution < -0.4 is 0 Å². The summed E-state index contributed by atoms with van der Waals surface area (Å²) >= 11 is 13.7. The predicted octanol–water partition coefficient (Wildman–Crippen LogP) is 5.41. The Labute approximate surface area is 117 Å². The van der Waals surface area contributed by atoms with E-state index in [2.05, 4.69) is 4.98 Å². The summed E-state index contributed by atoms with van der Waals surface area (Å²) in [6.45, 7) is 0. The second-order valence-corrected chi connectivity index (χ2v) is 5.44. The van der Waals surface area contributed by atoms with Gasteiger partial charge < -0.3 is 0 Å². The van der Waals surface area contributed by atoms with Crippen molar-refractivity contribution in [3.05, 3.63) is 51.7 Å². The second-order valence-electron chi connectivity index (χ2n) is 3.74. The van der Waals surface area contributed by atoms with Crippen molar-refractivity contribution in [1.82, 2.24) is 4.98 Å². The average molecular weight is 298 g/mol. The Balaban J connectivity index is 2.29. The van der Waals surface area contributed by atoms with Crippen LogP contribution in [0.25, 0.3) is 21.3 Å². The Morgan fingerprint density at radius 1 is 1.06 bits per heavy atom. The normalized spacial score (nSPS) is 11.1. The summed E-state index contributed by atoms with van der Waals surface area (Å²) in [5.74, 6) is -0.353. The molecule has 5 heteroatoms. The van der Waals surface area contributed by atoms with E-state index in [9.17, 15) is 4.39 Å². The van der Waals surface area contributed by atoms with E-state index >= 15 is 0 Å². The van der Waals surface area contributed by atoms with Crippen molar-refractivity contribution in [1.29, 1.82) is 0 Å². The van der Waals surface area contributed by atoms with E-state index in [1.165, 1.54) is 23.5 Å². The molecule has 0 spiro atoms. The van der Waals surface area contributed by atoms with Crippen LogP contribution in [0.1, 0.15) is 0 Å². The van der Waals surface area contributed by atoms with Crippen LogP contribution in [0.15, 0.2) is 35.8 Å². The van der Waals surface area contributed by atoms with Crippen molar-refractivity contribution in [3.63, 3.8) is 0 Å². The third kappa shape index (κ3) is 1.88. The van der Waals surface area contributed by atoms with Gasteiger partial charge in [0, 0.05) is 22.7 Å². The van der Waals surface area contributed by atoms with E-state index in [1.807, 2.05) is 5.38 Å². The molecule has 0 radical (unpaired) electrons. The topological polar surface area (TPSA) is 12.9 Å². The number of benzene rings is 1. The van der Waals surface area contributed by atoms with Crippen molar-refractivity contribution >= 4 is 44.8 Å². The Morgan fingerprint density at radius 2 is 1.89 bits per heavy atom. The third-order valence-electron chi connectivity index (χ3n) is 2.63. The largest absolute Gasteiger partial charge is 0.255 e. The Kier molecular flexibility index (Phi) is 2.98. The monoisotopic (exact) mass is 297 g/mol. The molecule has 18 heavy (non-hydrogen) atoms. The smallest absolute Gasteiger partial charge is 0.124 e. The minimum absolute atomic E-state index is 0.353. The van der Waals surface area contributed by atoms with Gasteiger partial charge in [-0.1, -0.05) is 23.2 Å². The van der Waals surface area contributed by atoms with Crippen molar-refractivity contribution < 1.29 is 4.39 Å². The van der Waals surface area contributed by atoms with Gasteiger partial charge in [-0.2, -0.15) is 0 Å². The third-order valence-corrected chi connectivity index (χ3v) is 4.37. The van der Waals surface area contributed by atoms with Gasteiger partial charge in [-0.3, -0.25) is 4.98 Å². The van der Waals surface area contributed by atoms with Gasteiger partial charge in [0.1, 0.15) is 5.82 Å². The summed E-state index contributed by atoms with van der Waals surface area (Å²) < 4.78 is 14.0. The molecule has 0 aliphatic heterocycles. The number of aromatic nitrogens is 1. The van der Waals surface area contributed by atoms with Gasteiger partial charge in [0.05, 0.1) is 20.3 Å². The van der Waals surface area contributed by atoms with Crippen LogP contribution in [0, 0.1) is 5.82 Å². The molecular weight excluding hydrogens is 292 g/mol. The van der Waals surface area contributed by atoms with E-state index in [0.717, 1.165) is 21.3 Å². The molecular formula is C13H6Cl2FNS. The summed E-state index contributed by atoms with van der Waals surface area (Å²) in [7, 11) is 0. The fraction of sp³-hybridized carbons (Fsp3) is 0. The molecule has 1 aromatic carbocycles. The minimum atomic E-state index is -0.353. The van der Waals surface area contributed by atoms with Crippen LogP contribution in [0.2, 0.25) is 10.0 Å². The van der Waals surface area contributed by atoms with Crippen LogP contribution in [-0.2, 0) is 0 Å². The Hall–Kier alpha value is -1.16. The van der Waals surface area contributed by atoms with E-state index in [-0.39, 0.29) is 5.82 Å². The highest BCUT2D eigenvalue weighted by Gasteiger charge is 2.13. The molecule has 3 rings (SSSR count). The molecule has 0 atom stereocenters. The first-order valence-corrected chi connectivity index (χ1v) is 6.77. The molecule has 2 heterocycles. The first kappa shape index (κ1) is 11.9. The zero-order chi connectivity index (χ0) is 12.7. The highest BCUT2D eigenvalue weighted by atomic mass is 35.5. The number of fused-ring (bicyclic) bond motifs is 1. The zero-order valence-electron chi connectivity index (χ0n) is 8.95. The second kappa shape index (κ2) is 4.50. The molecule has 0 N–H and O–H groups in total. The van der Waals surface area contributed by atoms with Gasteiger partial charge in [-0.05, 0) is 24.3 Å². The fourth-order valence-electron chi connectivity index (χ4n) is 1.80. The molecule has 3 aromatic rings. The maximum absolute atomic E-state index is 13.0. The van der Waals surface area contributed by atoms with Crippen molar-refractivity contribution in [3.8, 4) is 11.1 Å². The molecule has 0 bridgehead atoms. The molecule has 0 saturated carbocycles. The molecule has 0 aliphatic carbocycles. The molecule has 0 fully saturated rings. The van der Waals surface area contributed by atoms with Gasteiger partial charge in [0.25, 0.3) is 0 Å². The van der Waals surface area contributed by atoms with Crippen molar-refractivity contribution in [2.45, 2.75) is 0 Å². The Bertz CT molecular complexity index is 739. The minimum Gasteiger partial charge on any atom is -0.255 e. The molecule has 0 saturated heterocycles. The van der Waals surface area contributed by atoms with Gasteiger partial charge >= 0.3 is 0 Å². The number of hydrogen-bond donors (Lipinski definition) is 0. The summed E-state index contributed by atoms with van der Waals surface area (Å²) in [5.41, 5.74) is 2.43. The summed E-state index contributed by atoms with van der Waals surface area (Å²) in [6.07, 6.45) is 1.65.